The summed E-state index contributed by atoms with van der Waals surface area (Å²) in [6.07, 6.45) is -0.570. The van der Waals surface area contributed by atoms with Gasteiger partial charge in [0.15, 0.2) is 6.29 Å². The lowest BCUT2D eigenvalue weighted by molar-refractivity contribution is -0.138. The highest BCUT2D eigenvalue weighted by atomic mass is 19.4. The van der Waals surface area contributed by atoms with Crippen LogP contribution < -0.4 is 21.5 Å². The summed E-state index contributed by atoms with van der Waals surface area (Å²) in [5, 5.41) is 16.5. The molecule has 3 rings (SSSR count). The van der Waals surface area contributed by atoms with Crippen LogP contribution in [-0.4, -0.2) is 58.4 Å². The largest absolute Gasteiger partial charge is 0.463 e. The SMILES string of the molecule is CCOC(=O)/C=C/CC[C@H](NC(=O)CCC1OC1O)C(=O)Nc1cc#cn(CC(=O)NCc2ccccc2C(F)(F)F)c1=O. The van der Waals surface area contributed by atoms with Crippen LogP contribution in [0.3, 0.4) is 0 Å². The second-order valence-corrected chi connectivity index (χ2v) is 9.58. The van der Waals surface area contributed by atoms with E-state index < -0.39 is 72.5 Å². The van der Waals surface area contributed by atoms with Gasteiger partial charge in [-0.1, -0.05) is 24.3 Å². The predicted octanol–water partition coefficient (Wildman–Crippen LogP) is 1.60. The summed E-state index contributed by atoms with van der Waals surface area (Å²) < 4.78 is 50.1. The van der Waals surface area contributed by atoms with Gasteiger partial charge in [0.05, 0.1) is 12.2 Å². The Bertz CT molecular complexity index is 1430. The Kier molecular flexibility index (Phi) is 12.1. The van der Waals surface area contributed by atoms with E-state index in [-0.39, 0.29) is 43.5 Å². The van der Waals surface area contributed by atoms with Crippen LogP contribution in [-0.2, 0) is 47.9 Å². The predicted molar refractivity (Wildman–Crippen MR) is 147 cm³/mol. The van der Waals surface area contributed by atoms with Crippen LogP contribution in [0.2, 0.25) is 0 Å². The number of esters is 1. The van der Waals surface area contributed by atoms with Crippen molar-refractivity contribution in [3.63, 3.8) is 0 Å². The highest BCUT2D eigenvalue weighted by molar-refractivity contribution is 5.97. The third-order valence-corrected chi connectivity index (χ3v) is 6.28. The maximum absolute atomic E-state index is 13.2. The van der Waals surface area contributed by atoms with Gasteiger partial charge in [-0.05, 0) is 43.9 Å². The first-order chi connectivity index (χ1) is 20.9. The molecule has 12 nitrogen and oxygen atoms in total. The quantitative estimate of drug-likeness (QED) is 0.132. The van der Waals surface area contributed by atoms with E-state index in [0.717, 1.165) is 16.7 Å². The first-order valence-corrected chi connectivity index (χ1v) is 13.6. The van der Waals surface area contributed by atoms with E-state index in [1.54, 1.807) is 6.92 Å². The molecule has 3 atom stereocenters. The lowest BCUT2D eigenvalue weighted by atomic mass is 10.1. The van der Waals surface area contributed by atoms with Crippen molar-refractivity contribution >= 4 is 29.4 Å². The number of allylic oxidation sites excluding steroid dienone is 1. The monoisotopic (exact) mass is 620 g/mol. The fourth-order valence-corrected chi connectivity index (χ4v) is 3.99. The molecule has 2 aromatic rings. The molecule has 0 bridgehead atoms. The third-order valence-electron chi connectivity index (χ3n) is 6.28. The molecule has 0 spiro atoms. The van der Waals surface area contributed by atoms with Crippen LogP contribution in [0.5, 0.6) is 0 Å². The van der Waals surface area contributed by atoms with Crippen LogP contribution in [0.4, 0.5) is 18.9 Å². The summed E-state index contributed by atoms with van der Waals surface area (Å²) in [6.45, 7) is 0.757. The number of amides is 3. The molecule has 1 aliphatic heterocycles. The number of benzene rings is 1. The molecule has 1 aliphatic rings. The number of alkyl halides is 3. The van der Waals surface area contributed by atoms with Gasteiger partial charge in [-0.15, -0.1) is 0 Å². The minimum Gasteiger partial charge on any atom is -0.463 e. The van der Waals surface area contributed by atoms with Crippen molar-refractivity contribution in [2.75, 3.05) is 11.9 Å². The molecular weight excluding hydrogens is 589 g/mol. The van der Waals surface area contributed by atoms with Crippen molar-refractivity contribution in [2.24, 2.45) is 0 Å². The molecule has 3 amide bonds. The molecule has 2 heterocycles. The summed E-state index contributed by atoms with van der Waals surface area (Å²) in [6, 6.07) is 7.19. The number of carbonyl (C=O) groups excluding carboxylic acids is 4. The van der Waals surface area contributed by atoms with E-state index in [1.165, 1.54) is 30.4 Å². The van der Waals surface area contributed by atoms with Crippen molar-refractivity contribution < 1.29 is 46.9 Å². The number of ether oxygens (including phenoxy) is 2. The second-order valence-electron chi connectivity index (χ2n) is 9.58. The van der Waals surface area contributed by atoms with E-state index in [9.17, 15) is 42.3 Å². The zero-order valence-corrected chi connectivity index (χ0v) is 23.6. The number of aliphatic hydroxyl groups is 1. The summed E-state index contributed by atoms with van der Waals surface area (Å²) in [7, 11) is 0. The van der Waals surface area contributed by atoms with Gasteiger partial charge >= 0.3 is 12.1 Å². The van der Waals surface area contributed by atoms with Crippen LogP contribution in [0, 0.1) is 12.3 Å². The highest BCUT2D eigenvalue weighted by Crippen LogP contribution is 2.31. The van der Waals surface area contributed by atoms with Gasteiger partial charge in [0, 0.05) is 31.3 Å². The van der Waals surface area contributed by atoms with Gasteiger partial charge < -0.3 is 30.5 Å². The van der Waals surface area contributed by atoms with Crippen LogP contribution in [0.25, 0.3) is 0 Å². The molecule has 15 heteroatoms. The van der Waals surface area contributed by atoms with E-state index in [2.05, 4.69) is 28.2 Å². The van der Waals surface area contributed by atoms with E-state index >= 15 is 0 Å². The highest BCUT2D eigenvalue weighted by Gasteiger charge is 2.37. The van der Waals surface area contributed by atoms with Crippen molar-refractivity contribution in [1.82, 2.24) is 15.2 Å². The number of hydrogen-bond donors (Lipinski definition) is 4. The van der Waals surface area contributed by atoms with Crippen molar-refractivity contribution in [1.29, 1.82) is 0 Å². The standard InChI is InChI=1S/C29H31F3N4O8/c1-2-43-25(39)12-6-5-10-20(34-23(37)14-13-22-28(42)44-22)26(40)35-21-11-7-15-36(27(21)41)17-24(38)33-16-18-8-3-4-9-19(18)29(30,31)32/h3-4,6,8-9,11-12,20,22,28,42H,2,5,10,13-14,16-17H2,1H3,(H,33,38)(H,34,37)(H,35,40)/b12-6+/t20-,22?,28?/m0/s1. The molecule has 0 radical (unpaired) electrons. The van der Waals surface area contributed by atoms with Crippen LogP contribution in [0.1, 0.15) is 43.7 Å². The maximum Gasteiger partial charge on any atom is 0.416 e. The smallest absolute Gasteiger partial charge is 0.416 e. The van der Waals surface area contributed by atoms with E-state index in [0.29, 0.717) is 0 Å². The summed E-state index contributed by atoms with van der Waals surface area (Å²) >= 11 is 0. The molecule has 1 aromatic heterocycles. The number of aromatic nitrogens is 1. The molecule has 1 aromatic carbocycles. The third kappa shape index (κ3) is 10.5. The molecule has 2 unspecified atom stereocenters. The van der Waals surface area contributed by atoms with Crippen molar-refractivity contribution in [3.8, 4) is 0 Å². The van der Waals surface area contributed by atoms with Gasteiger partial charge in [0.1, 0.15) is 24.4 Å². The number of halogens is 3. The maximum atomic E-state index is 13.2. The first-order valence-electron chi connectivity index (χ1n) is 13.6. The Labute approximate surface area is 250 Å². The molecule has 0 aliphatic carbocycles. The second kappa shape index (κ2) is 15.7. The van der Waals surface area contributed by atoms with Gasteiger partial charge in [-0.3, -0.25) is 23.7 Å². The summed E-state index contributed by atoms with van der Waals surface area (Å²) in [4.78, 5) is 62.5. The summed E-state index contributed by atoms with van der Waals surface area (Å²) in [5.74, 6) is -2.66. The first kappa shape index (κ1) is 33.8. The lowest BCUT2D eigenvalue weighted by Crippen LogP contribution is -2.44. The van der Waals surface area contributed by atoms with Crippen molar-refractivity contribution in [3.05, 3.63) is 76.2 Å². The average molecular weight is 621 g/mol. The zero-order valence-electron chi connectivity index (χ0n) is 23.6. The minimum atomic E-state index is -4.61. The number of carbonyl (C=O) groups is 4. The Morgan fingerprint density at radius 3 is 2.61 bits per heavy atom. The van der Waals surface area contributed by atoms with Crippen molar-refractivity contribution in [2.45, 2.75) is 70.3 Å². The Morgan fingerprint density at radius 2 is 1.93 bits per heavy atom. The number of rotatable bonds is 15. The molecule has 0 saturated carbocycles. The molecule has 236 valence electrons. The molecule has 44 heavy (non-hydrogen) atoms. The lowest BCUT2D eigenvalue weighted by Gasteiger charge is -2.18. The number of anilines is 1. The minimum absolute atomic E-state index is 0.0364. The van der Waals surface area contributed by atoms with E-state index in [1.807, 2.05) is 0 Å². The van der Waals surface area contributed by atoms with Gasteiger partial charge in [0.2, 0.25) is 17.7 Å². The average Bonchev–Trinajstić information content (AvgIpc) is 3.69. The van der Waals surface area contributed by atoms with Gasteiger partial charge in [-0.2, -0.15) is 13.2 Å². The summed E-state index contributed by atoms with van der Waals surface area (Å²) in [5.41, 5.74) is -2.21. The molecule has 1 saturated heterocycles. The fraction of sp³-hybridized carbons (Fsp3) is 0.414. The van der Waals surface area contributed by atoms with Gasteiger partial charge in [0.25, 0.3) is 5.56 Å². The number of nitrogens with zero attached hydrogens (tertiary/aromatic N) is 1. The normalized spacial score (nSPS) is 16.5. The number of hydrogen-bond acceptors (Lipinski definition) is 8. The molecular formula is C29H31F3N4O8. The Morgan fingerprint density at radius 1 is 1.20 bits per heavy atom. The molecule has 4 N–H and O–H groups in total. The van der Waals surface area contributed by atoms with Gasteiger partial charge in [-0.25, -0.2) is 4.79 Å². The zero-order chi connectivity index (χ0) is 32.3. The van der Waals surface area contributed by atoms with Crippen LogP contribution in [0.15, 0.2) is 47.3 Å². The number of aliphatic hydroxyl groups excluding tert-OH is 1. The Balaban J connectivity index is 1.64. The topological polar surface area (TPSA) is 168 Å². The number of epoxide rings is 1. The Hall–Kier alpha value is -4.68. The fourth-order valence-electron chi connectivity index (χ4n) is 3.99. The molecule has 1 fully saturated rings. The van der Waals surface area contributed by atoms with E-state index in [4.69, 9.17) is 9.47 Å². The van der Waals surface area contributed by atoms with Crippen LogP contribution >= 0.6 is 0 Å². The number of nitrogens with one attached hydrogen (secondary N) is 3.